The van der Waals surface area contributed by atoms with E-state index in [9.17, 15) is 4.79 Å². The van der Waals surface area contributed by atoms with Crippen LogP contribution in [0.3, 0.4) is 0 Å². The van der Waals surface area contributed by atoms with Gasteiger partial charge >= 0.3 is 5.97 Å². The molecule has 0 bridgehead atoms. The fourth-order valence-corrected chi connectivity index (χ4v) is 1.78. The zero-order chi connectivity index (χ0) is 11.2. The SMILES string of the molecule is CCCCC(S)(CC)CC(N)C(=O)O. The lowest BCUT2D eigenvalue weighted by atomic mass is 9.91. The summed E-state index contributed by atoms with van der Waals surface area (Å²) in [5, 5.41) is 8.71. The minimum atomic E-state index is -0.937. The van der Waals surface area contributed by atoms with E-state index >= 15 is 0 Å². The molecule has 0 aliphatic carbocycles. The summed E-state index contributed by atoms with van der Waals surface area (Å²) in [5.74, 6) is -0.937. The Labute approximate surface area is 91.5 Å². The number of aliphatic carboxylic acids is 1. The van der Waals surface area contributed by atoms with Crippen molar-refractivity contribution in [2.75, 3.05) is 0 Å². The van der Waals surface area contributed by atoms with E-state index in [-0.39, 0.29) is 4.75 Å². The maximum atomic E-state index is 10.6. The van der Waals surface area contributed by atoms with Crippen molar-refractivity contribution in [3.8, 4) is 0 Å². The van der Waals surface area contributed by atoms with E-state index in [0.717, 1.165) is 25.7 Å². The van der Waals surface area contributed by atoms with Crippen LogP contribution in [0.15, 0.2) is 0 Å². The van der Waals surface area contributed by atoms with Crippen LogP contribution in [0.1, 0.15) is 46.0 Å². The molecule has 0 rings (SSSR count). The van der Waals surface area contributed by atoms with Gasteiger partial charge < -0.3 is 10.8 Å². The Balaban J connectivity index is 4.16. The maximum Gasteiger partial charge on any atom is 0.320 e. The molecule has 0 aromatic carbocycles. The molecule has 3 N–H and O–H groups in total. The van der Waals surface area contributed by atoms with E-state index in [1.807, 2.05) is 6.92 Å². The van der Waals surface area contributed by atoms with Crippen molar-refractivity contribution in [3.63, 3.8) is 0 Å². The van der Waals surface area contributed by atoms with Crippen molar-refractivity contribution in [1.29, 1.82) is 0 Å². The highest BCUT2D eigenvalue weighted by Gasteiger charge is 2.28. The summed E-state index contributed by atoms with van der Waals surface area (Å²) in [4.78, 5) is 10.6. The molecule has 0 aromatic rings. The van der Waals surface area contributed by atoms with Crippen LogP contribution in [-0.4, -0.2) is 21.9 Å². The van der Waals surface area contributed by atoms with Gasteiger partial charge in [0, 0.05) is 4.75 Å². The Bertz CT molecular complexity index is 187. The van der Waals surface area contributed by atoms with Crippen LogP contribution >= 0.6 is 12.6 Å². The molecule has 0 aliphatic rings. The standard InChI is InChI=1S/C10H21NO2S/c1-3-5-6-10(14,4-2)7-8(11)9(12)13/h8,14H,3-7,11H2,1-2H3,(H,12,13). The first-order valence-electron chi connectivity index (χ1n) is 5.16. The summed E-state index contributed by atoms with van der Waals surface area (Å²) in [5.41, 5.74) is 5.50. The molecule has 0 amide bonds. The molecule has 2 atom stereocenters. The Morgan fingerprint density at radius 1 is 1.57 bits per heavy atom. The van der Waals surface area contributed by atoms with Crippen LogP contribution in [0.2, 0.25) is 0 Å². The Morgan fingerprint density at radius 2 is 2.14 bits per heavy atom. The third-order valence-corrected chi connectivity index (χ3v) is 3.29. The van der Waals surface area contributed by atoms with Crippen LogP contribution in [0.5, 0.6) is 0 Å². The van der Waals surface area contributed by atoms with Crippen LogP contribution in [-0.2, 0) is 4.79 Å². The van der Waals surface area contributed by atoms with Crippen molar-refractivity contribution in [3.05, 3.63) is 0 Å². The number of carboxylic acid groups (broad SMARTS) is 1. The number of nitrogens with two attached hydrogens (primary N) is 1. The molecular weight excluding hydrogens is 198 g/mol. The molecule has 14 heavy (non-hydrogen) atoms. The average Bonchev–Trinajstić information content (AvgIpc) is 2.14. The van der Waals surface area contributed by atoms with Gasteiger partial charge in [0.15, 0.2) is 0 Å². The largest absolute Gasteiger partial charge is 0.480 e. The van der Waals surface area contributed by atoms with Crippen molar-refractivity contribution < 1.29 is 9.90 Å². The number of carbonyl (C=O) groups is 1. The van der Waals surface area contributed by atoms with Gasteiger partial charge in [0.1, 0.15) is 6.04 Å². The molecule has 0 saturated carbocycles. The number of carboxylic acids is 1. The second-order valence-corrected chi connectivity index (χ2v) is 4.78. The van der Waals surface area contributed by atoms with E-state index in [1.54, 1.807) is 0 Å². The molecule has 0 saturated heterocycles. The lowest BCUT2D eigenvalue weighted by Crippen LogP contribution is -2.38. The molecule has 3 nitrogen and oxygen atoms in total. The first-order chi connectivity index (χ1) is 6.45. The number of hydrogen-bond donors (Lipinski definition) is 3. The molecule has 0 heterocycles. The van der Waals surface area contributed by atoms with Crippen LogP contribution < -0.4 is 5.73 Å². The second-order valence-electron chi connectivity index (χ2n) is 3.83. The lowest BCUT2D eigenvalue weighted by molar-refractivity contribution is -0.138. The third kappa shape index (κ3) is 4.86. The lowest BCUT2D eigenvalue weighted by Gasteiger charge is -2.28. The molecular formula is C10H21NO2S. The normalized spacial score (nSPS) is 17.4. The van der Waals surface area contributed by atoms with Gasteiger partial charge in [-0.1, -0.05) is 26.7 Å². The van der Waals surface area contributed by atoms with E-state index in [1.165, 1.54) is 0 Å². The highest BCUT2D eigenvalue weighted by molar-refractivity contribution is 7.81. The van der Waals surface area contributed by atoms with Crippen molar-refractivity contribution in [2.45, 2.75) is 56.7 Å². The maximum absolute atomic E-state index is 10.6. The zero-order valence-electron chi connectivity index (χ0n) is 8.99. The quantitative estimate of drug-likeness (QED) is 0.574. The topological polar surface area (TPSA) is 63.3 Å². The molecule has 0 radical (unpaired) electrons. The summed E-state index contributed by atoms with van der Waals surface area (Å²) in [6.45, 7) is 4.14. The Morgan fingerprint density at radius 3 is 2.50 bits per heavy atom. The minimum absolute atomic E-state index is 0.214. The number of thiol groups is 1. The van der Waals surface area contributed by atoms with Gasteiger partial charge in [-0.2, -0.15) is 12.6 Å². The summed E-state index contributed by atoms with van der Waals surface area (Å²) in [7, 11) is 0. The van der Waals surface area contributed by atoms with Gasteiger partial charge in [-0.15, -0.1) is 0 Å². The van der Waals surface area contributed by atoms with Gasteiger partial charge in [0.2, 0.25) is 0 Å². The van der Waals surface area contributed by atoms with Gasteiger partial charge in [0.25, 0.3) is 0 Å². The summed E-state index contributed by atoms with van der Waals surface area (Å²) in [6.07, 6.45) is 4.41. The van der Waals surface area contributed by atoms with Crippen LogP contribution in [0.4, 0.5) is 0 Å². The monoisotopic (exact) mass is 219 g/mol. The van der Waals surface area contributed by atoms with Crippen molar-refractivity contribution in [1.82, 2.24) is 0 Å². The van der Waals surface area contributed by atoms with Crippen LogP contribution in [0, 0.1) is 0 Å². The van der Waals surface area contributed by atoms with Gasteiger partial charge in [0.05, 0.1) is 0 Å². The van der Waals surface area contributed by atoms with Gasteiger partial charge in [-0.25, -0.2) is 0 Å². The Hall–Kier alpha value is -0.220. The first-order valence-corrected chi connectivity index (χ1v) is 5.60. The highest BCUT2D eigenvalue weighted by Crippen LogP contribution is 2.30. The fraction of sp³-hybridized carbons (Fsp3) is 0.900. The first kappa shape index (κ1) is 13.8. The highest BCUT2D eigenvalue weighted by atomic mass is 32.1. The van der Waals surface area contributed by atoms with Crippen LogP contribution in [0.25, 0.3) is 0 Å². The fourth-order valence-electron chi connectivity index (χ4n) is 1.43. The van der Waals surface area contributed by atoms with Gasteiger partial charge in [-0.05, 0) is 19.3 Å². The molecule has 84 valence electrons. The number of unbranched alkanes of at least 4 members (excludes halogenated alkanes) is 1. The molecule has 4 heteroatoms. The summed E-state index contributed by atoms with van der Waals surface area (Å²) in [6, 6.07) is -0.788. The van der Waals surface area contributed by atoms with E-state index in [4.69, 9.17) is 10.8 Å². The van der Waals surface area contributed by atoms with E-state index in [2.05, 4.69) is 19.6 Å². The predicted molar refractivity (Wildman–Crippen MR) is 61.8 cm³/mol. The smallest absolute Gasteiger partial charge is 0.320 e. The Kier molecular flexibility index (Phi) is 6.20. The van der Waals surface area contributed by atoms with Gasteiger partial charge in [-0.3, -0.25) is 4.79 Å². The number of hydrogen-bond acceptors (Lipinski definition) is 3. The predicted octanol–water partition coefficient (Wildman–Crippen LogP) is 2.06. The molecule has 0 spiro atoms. The number of rotatable bonds is 7. The average molecular weight is 219 g/mol. The summed E-state index contributed by atoms with van der Waals surface area (Å²) < 4.78 is -0.214. The summed E-state index contributed by atoms with van der Waals surface area (Å²) >= 11 is 4.54. The van der Waals surface area contributed by atoms with E-state index < -0.39 is 12.0 Å². The second kappa shape index (κ2) is 6.30. The molecule has 0 aromatic heterocycles. The molecule has 0 fully saturated rings. The van der Waals surface area contributed by atoms with Crippen molar-refractivity contribution >= 4 is 18.6 Å². The molecule has 0 aliphatic heterocycles. The molecule has 2 unspecified atom stereocenters. The van der Waals surface area contributed by atoms with E-state index in [0.29, 0.717) is 6.42 Å². The zero-order valence-corrected chi connectivity index (χ0v) is 9.89. The third-order valence-electron chi connectivity index (χ3n) is 2.57. The van der Waals surface area contributed by atoms with Crippen molar-refractivity contribution in [2.24, 2.45) is 5.73 Å². The minimum Gasteiger partial charge on any atom is -0.480 e.